The van der Waals surface area contributed by atoms with E-state index >= 15 is 0 Å². The summed E-state index contributed by atoms with van der Waals surface area (Å²) in [5.74, 6) is -0.669. The fourth-order valence-corrected chi connectivity index (χ4v) is 2.21. The first-order chi connectivity index (χ1) is 9.95. The van der Waals surface area contributed by atoms with Crippen LogP contribution in [0.1, 0.15) is 18.4 Å². The third-order valence-corrected chi connectivity index (χ3v) is 3.31. The van der Waals surface area contributed by atoms with Crippen LogP contribution in [0.4, 0.5) is 0 Å². The number of aryl methyl sites for hydroxylation is 1. The van der Waals surface area contributed by atoms with E-state index in [9.17, 15) is 14.4 Å². The Bertz CT molecular complexity index is 588. The molecular weight excluding hydrogens is 296 g/mol. The molecule has 1 heterocycles. The molecule has 0 bridgehead atoms. The Morgan fingerprint density at radius 3 is 2.90 bits per heavy atom. The molecule has 1 fully saturated rings. The van der Waals surface area contributed by atoms with Gasteiger partial charge in [0.1, 0.15) is 11.8 Å². The Labute approximate surface area is 126 Å². The Balaban J connectivity index is 1.85. The van der Waals surface area contributed by atoms with Gasteiger partial charge in [-0.05, 0) is 37.1 Å². The average molecular weight is 311 g/mol. The number of nitrogens with one attached hydrogen (secondary N) is 2. The minimum Gasteiger partial charge on any atom is -0.484 e. The van der Waals surface area contributed by atoms with Crippen molar-refractivity contribution in [1.29, 1.82) is 0 Å². The fraction of sp³-hybridized carbons (Fsp3) is 0.357. The molecule has 2 N–H and O–H groups in total. The fourth-order valence-electron chi connectivity index (χ4n) is 1.99. The first kappa shape index (κ1) is 15.3. The molecule has 0 aliphatic carbocycles. The topological polar surface area (TPSA) is 84.5 Å². The van der Waals surface area contributed by atoms with Gasteiger partial charge < -0.3 is 10.1 Å². The number of amides is 3. The van der Waals surface area contributed by atoms with E-state index in [0.717, 1.165) is 5.56 Å². The van der Waals surface area contributed by atoms with Crippen LogP contribution in [0.5, 0.6) is 5.75 Å². The normalized spacial score (nSPS) is 18.1. The number of ether oxygens (including phenoxy) is 1. The van der Waals surface area contributed by atoms with Gasteiger partial charge in [-0.15, -0.1) is 0 Å². The quantitative estimate of drug-likeness (QED) is 0.811. The van der Waals surface area contributed by atoms with Crippen molar-refractivity contribution < 1.29 is 19.1 Å². The van der Waals surface area contributed by atoms with Gasteiger partial charge in [0.25, 0.3) is 5.91 Å². The highest BCUT2D eigenvalue weighted by atomic mass is 35.5. The second-order valence-corrected chi connectivity index (χ2v) is 5.21. The van der Waals surface area contributed by atoms with E-state index in [-0.39, 0.29) is 18.9 Å². The number of halogens is 1. The van der Waals surface area contributed by atoms with Crippen LogP contribution in [0, 0.1) is 6.92 Å². The average Bonchev–Trinajstić information content (AvgIpc) is 2.41. The SMILES string of the molecule is Cc1cc(Cl)ccc1OCC(=O)NC1CCC(=O)NC1=O. The zero-order valence-corrected chi connectivity index (χ0v) is 12.2. The van der Waals surface area contributed by atoms with E-state index < -0.39 is 17.9 Å². The summed E-state index contributed by atoms with van der Waals surface area (Å²) in [5.41, 5.74) is 0.816. The first-order valence-corrected chi connectivity index (χ1v) is 6.85. The van der Waals surface area contributed by atoms with Crippen molar-refractivity contribution in [1.82, 2.24) is 10.6 Å². The molecule has 1 atom stereocenters. The third-order valence-electron chi connectivity index (χ3n) is 3.07. The number of rotatable bonds is 4. The highest BCUT2D eigenvalue weighted by Gasteiger charge is 2.27. The summed E-state index contributed by atoms with van der Waals surface area (Å²) in [6.07, 6.45) is 0.518. The van der Waals surface area contributed by atoms with Crippen LogP contribution in [-0.4, -0.2) is 30.4 Å². The Morgan fingerprint density at radius 2 is 2.24 bits per heavy atom. The number of carbonyl (C=O) groups is 3. The summed E-state index contributed by atoms with van der Waals surface area (Å²) in [4.78, 5) is 34.3. The largest absolute Gasteiger partial charge is 0.484 e. The maximum atomic E-state index is 11.8. The molecule has 0 radical (unpaired) electrons. The molecule has 7 heteroatoms. The van der Waals surface area contributed by atoms with Gasteiger partial charge in [-0.3, -0.25) is 19.7 Å². The highest BCUT2D eigenvalue weighted by Crippen LogP contribution is 2.21. The molecule has 0 saturated carbocycles. The van der Waals surface area contributed by atoms with Crippen molar-refractivity contribution in [2.24, 2.45) is 0 Å². The minimum absolute atomic E-state index is 0.208. The van der Waals surface area contributed by atoms with Crippen molar-refractivity contribution in [3.63, 3.8) is 0 Å². The molecule has 1 aromatic rings. The van der Waals surface area contributed by atoms with Gasteiger partial charge in [-0.2, -0.15) is 0 Å². The molecule has 6 nitrogen and oxygen atoms in total. The maximum absolute atomic E-state index is 11.8. The number of hydrogen-bond donors (Lipinski definition) is 2. The lowest BCUT2D eigenvalue weighted by atomic mass is 10.1. The molecule has 112 valence electrons. The number of hydrogen-bond acceptors (Lipinski definition) is 4. The van der Waals surface area contributed by atoms with E-state index in [1.807, 2.05) is 6.92 Å². The zero-order valence-electron chi connectivity index (χ0n) is 11.4. The van der Waals surface area contributed by atoms with Crippen LogP contribution in [-0.2, 0) is 14.4 Å². The minimum atomic E-state index is -0.690. The van der Waals surface area contributed by atoms with Gasteiger partial charge in [0.05, 0.1) is 0 Å². The maximum Gasteiger partial charge on any atom is 0.258 e. The van der Waals surface area contributed by atoms with Gasteiger partial charge >= 0.3 is 0 Å². The van der Waals surface area contributed by atoms with Crippen LogP contribution in [0.25, 0.3) is 0 Å². The van der Waals surface area contributed by atoms with Gasteiger partial charge in [-0.25, -0.2) is 0 Å². The molecular formula is C14H15ClN2O4. The molecule has 1 aliphatic rings. The lowest BCUT2D eigenvalue weighted by molar-refractivity contribution is -0.137. The predicted molar refractivity (Wildman–Crippen MR) is 76.0 cm³/mol. The second kappa shape index (κ2) is 6.58. The van der Waals surface area contributed by atoms with Crippen molar-refractivity contribution in [3.05, 3.63) is 28.8 Å². The Kier molecular flexibility index (Phi) is 4.80. The number of carbonyl (C=O) groups excluding carboxylic acids is 3. The Hall–Kier alpha value is -2.08. The molecule has 3 amide bonds. The van der Waals surface area contributed by atoms with Crippen molar-refractivity contribution in [2.45, 2.75) is 25.8 Å². The van der Waals surface area contributed by atoms with Crippen LogP contribution in [0.2, 0.25) is 5.02 Å². The van der Waals surface area contributed by atoms with Crippen LogP contribution >= 0.6 is 11.6 Å². The van der Waals surface area contributed by atoms with Crippen LogP contribution in [0.3, 0.4) is 0 Å². The lowest BCUT2D eigenvalue weighted by Crippen LogP contribution is -2.53. The monoisotopic (exact) mass is 310 g/mol. The molecule has 1 saturated heterocycles. The van der Waals surface area contributed by atoms with Crippen LogP contribution < -0.4 is 15.4 Å². The van der Waals surface area contributed by atoms with Crippen molar-refractivity contribution in [3.8, 4) is 5.75 Å². The summed E-state index contributed by atoms with van der Waals surface area (Å²) < 4.78 is 5.38. The van der Waals surface area contributed by atoms with Gasteiger partial charge in [0.2, 0.25) is 11.8 Å². The molecule has 1 aromatic carbocycles. The smallest absolute Gasteiger partial charge is 0.258 e. The molecule has 0 spiro atoms. The van der Waals surface area contributed by atoms with E-state index in [2.05, 4.69) is 10.6 Å². The van der Waals surface area contributed by atoms with Gasteiger partial charge in [-0.1, -0.05) is 11.6 Å². The molecule has 2 rings (SSSR count). The number of benzene rings is 1. The predicted octanol–water partition coefficient (Wildman–Crippen LogP) is 0.949. The Morgan fingerprint density at radius 1 is 1.48 bits per heavy atom. The highest BCUT2D eigenvalue weighted by molar-refractivity contribution is 6.30. The summed E-state index contributed by atoms with van der Waals surface area (Å²) in [5, 5.41) is 5.30. The second-order valence-electron chi connectivity index (χ2n) is 4.77. The van der Waals surface area contributed by atoms with Crippen molar-refractivity contribution in [2.75, 3.05) is 6.61 Å². The molecule has 0 aromatic heterocycles. The summed E-state index contributed by atoms with van der Waals surface area (Å²) in [6.45, 7) is 1.61. The molecule has 1 unspecified atom stereocenters. The van der Waals surface area contributed by atoms with E-state index in [4.69, 9.17) is 16.3 Å². The van der Waals surface area contributed by atoms with Crippen molar-refractivity contribution >= 4 is 29.3 Å². The van der Waals surface area contributed by atoms with E-state index in [1.165, 1.54) is 0 Å². The standard InChI is InChI=1S/C14H15ClN2O4/c1-8-6-9(15)2-4-11(8)21-7-13(19)16-10-3-5-12(18)17-14(10)20/h2,4,6,10H,3,5,7H2,1H3,(H,16,19)(H,17,18,20). The van der Waals surface area contributed by atoms with Gasteiger partial charge in [0.15, 0.2) is 6.61 Å². The number of piperidine rings is 1. The molecule has 21 heavy (non-hydrogen) atoms. The van der Waals surface area contributed by atoms with Crippen LogP contribution in [0.15, 0.2) is 18.2 Å². The summed E-state index contributed by atoms with van der Waals surface area (Å²) in [7, 11) is 0. The van der Waals surface area contributed by atoms with E-state index in [0.29, 0.717) is 17.2 Å². The first-order valence-electron chi connectivity index (χ1n) is 6.47. The lowest BCUT2D eigenvalue weighted by Gasteiger charge is -2.21. The third kappa shape index (κ3) is 4.19. The van der Waals surface area contributed by atoms with E-state index in [1.54, 1.807) is 18.2 Å². The summed E-state index contributed by atoms with van der Waals surface area (Å²) in [6, 6.07) is 4.39. The summed E-state index contributed by atoms with van der Waals surface area (Å²) >= 11 is 5.83. The molecule has 1 aliphatic heterocycles. The van der Waals surface area contributed by atoms with Gasteiger partial charge in [0, 0.05) is 11.4 Å². The zero-order chi connectivity index (χ0) is 15.4. The number of imide groups is 1.